The fraction of sp³-hybridized carbons (Fsp3) is 0.125. The molecule has 0 aliphatic carbocycles. The summed E-state index contributed by atoms with van der Waals surface area (Å²) in [5.74, 6) is 0.878. The van der Waals surface area contributed by atoms with Crippen LogP contribution in [-0.4, -0.2) is 17.0 Å². The van der Waals surface area contributed by atoms with E-state index in [4.69, 9.17) is 22.9 Å². The zero-order valence-corrected chi connectivity index (χ0v) is 13.2. The predicted molar refractivity (Wildman–Crippen MR) is 94.1 cm³/mol. The van der Waals surface area contributed by atoms with Crippen molar-refractivity contribution in [1.82, 2.24) is 4.98 Å². The highest BCUT2D eigenvalue weighted by molar-refractivity contribution is 7.80. The number of anilines is 1. The summed E-state index contributed by atoms with van der Waals surface area (Å²) in [5.41, 5.74) is 8.93. The van der Waals surface area contributed by atoms with E-state index in [1.807, 2.05) is 37.4 Å². The van der Waals surface area contributed by atoms with Crippen LogP contribution in [0.15, 0.2) is 47.2 Å². The molecule has 106 valence electrons. The van der Waals surface area contributed by atoms with Crippen molar-refractivity contribution in [2.24, 2.45) is 5.73 Å². The maximum absolute atomic E-state index is 5.87. The lowest BCUT2D eigenvalue weighted by molar-refractivity contribution is 0.906. The van der Waals surface area contributed by atoms with E-state index in [-0.39, 0.29) is 0 Å². The van der Waals surface area contributed by atoms with Gasteiger partial charge in [-0.2, -0.15) is 11.3 Å². The Morgan fingerprint density at radius 3 is 2.86 bits per heavy atom. The molecule has 1 aromatic carbocycles. The number of para-hydroxylation sites is 1. The fourth-order valence-corrected chi connectivity index (χ4v) is 3.13. The quantitative estimate of drug-likeness (QED) is 0.748. The number of thiocarbonyl (C=S) groups is 1. The average molecular weight is 313 g/mol. The highest BCUT2D eigenvalue weighted by Crippen LogP contribution is 2.23. The minimum Gasteiger partial charge on any atom is -0.389 e. The Labute approximate surface area is 133 Å². The molecule has 3 nitrogen and oxygen atoms in total. The van der Waals surface area contributed by atoms with Crippen LogP contribution in [0.1, 0.15) is 11.1 Å². The van der Waals surface area contributed by atoms with Gasteiger partial charge in [0.2, 0.25) is 0 Å². The van der Waals surface area contributed by atoms with Gasteiger partial charge in [-0.3, -0.25) is 0 Å². The summed E-state index contributed by atoms with van der Waals surface area (Å²) in [6, 6.07) is 12.0. The summed E-state index contributed by atoms with van der Waals surface area (Å²) in [7, 11) is 2.03. The van der Waals surface area contributed by atoms with E-state index in [1.165, 1.54) is 5.56 Å². The Kier molecular flexibility index (Phi) is 3.86. The second-order valence-electron chi connectivity index (χ2n) is 4.90. The third kappa shape index (κ3) is 2.89. The van der Waals surface area contributed by atoms with Crippen LogP contribution in [0.4, 0.5) is 5.82 Å². The molecule has 5 heteroatoms. The largest absolute Gasteiger partial charge is 0.389 e. The molecule has 3 rings (SSSR count). The van der Waals surface area contributed by atoms with Crippen molar-refractivity contribution >= 4 is 45.3 Å². The standard InChI is InChI=1S/C16H15N3S2/c1-19(9-11-6-7-21-10-11)15-8-13(16(17)20)12-4-2-3-5-14(12)18-15/h2-8,10H,9H2,1H3,(H2,17,20). The molecule has 21 heavy (non-hydrogen) atoms. The Balaban J connectivity index is 2.04. The first-order valence-electron chi connectivity index (χ1n) is 6.57. The molecule has 3 aromatic rings. The smallest absolute Gasteiger partial charge is 0.129 e. The van der Waals surface area contributed by atoms with Gasteiger partial charge < -0.3 is 10.6 Å². The van der Waals surface area contributed by atoms with Gasteiger partial charge >= 0.3 is 0 Å². The van der Waals surface area contributed by atoms with Crippen LogP contribution in [-0.2, 0) is 6.54 Å². The lowest BCUT2D eigenvalue weighted by Gasteiger charge is -2.19. The molecule has 0 aliphatic heterocycles. The van der Waals surface area contributed by atoms with E-state index >= 15 is 0 Å². The van der Waals surface area contributed by atoms with Crippen LogP contribution in [0.2, 0.25) is 0 Å². The van der Waals surface area contributed by atoms with E-state index in [1.54, 1.807) is 11.3 Å². The van der Waals surface area contributed by atoms with Crippen molar-refractivity contribution in [3.63, 3.8) is 0 Å². The van der Waals surface area contributed by atoms with Crippen molar-refractivity contribution in [3.8, 4) is 0 Å². The Morgan fingerprint density at radius 2 is 2.14 bits per heavy atom. The number of pyridine rings is 1. The normalized spacial score (nSPS) is 10.7. The molecule has 0 bridgehead atoms. The van der Waals surface area contributed by atoms with Crippen molar-refractivity contribution in [2.45, 2.75) is 6.54 Å². The van der Waals surface area contributed by atoms with Gasteiger partial charge in [-0.1, -0.05) is 30.4 Å². The summed E-state index contributed by atoms with van der Waals surface area (Å²) >= 11 is 6.88. The lowest BCUT2D eigenvalue weighted by atomic mass is 10.1. The molecule has 0 saturated carbocycles. The van der Waals surface area contributed by atoms with E-state index in [0.29, 0.717) is 4.99 Å². The Hall–Kier alpha value is -1.98. The molecule has 2 heterocycles. The summed E-state index contributed by atoms with van der Waals surface area (Å²) in [6.07, 6.45) is 0. The van der Waals surface area contributed by atoms with Crippen LogP contribution in [0.5, 0.6) is 0 Å². The van der Waals surface area contributed by atoms with Crippen LogP contribution in [0.25, 0.3) is 10.9 Å². The number of rotatable bonds is 4. The summed E-state index contributed by atoms with van der Waals surface area (Å²) in [5, 5.41) is 5.22. The summed E-state index contributed by atoms with van der Waals surface area (Å²) < 4.78 is 0. The molecule has 0 saturated heterocycles. The van der Waals surface area contributed by atoms with Crippen molar-refractivity contribution in [3.05, 3.63) is 58.3 Å². The number of thiophene rings is 1. The van der Waals surface area contributed by atoms with E-state index in [9.17, 15) is 0 Å². The van der Waals surface area contributed by atoms with Crippen molar-refractivity contribution in [1.29, 1.82) is 0 Å². The molecular formula is C16H15N3S2. The Morgan fingerprint density at radius 1 is 1.33 bits per heavy atom. The first-order valence-corrected chi connectivity index (χ1v) is 7.92. The van der Waals surface area contributed by atoms with Crippen LogP contribution >= 0.6 is 23.6 Å². The zero-order valence-electron chi connectivity index (χ0n) is 11.6. The number of fused-ring (bicyclic) bond motifs is 1. The topological polar surface area (TPSA) is 42.1 Å². The van der Waals surface area contributed by atoms with Gasteiger partial charge in [-0.05, 0) is 34.5 Å². The number of nitrogens with two attached hydrogens (primary N) is 1. The highest BCUT2D eigenvalue weighted by Gasteiger charge is 2.11. The number of aromatic nitrogens is 1. The molecule has 0 atom stereocenters. The maximum atomic E-state index is 5.87. The lowest BCUT2D eigenvalue weighted by Crippen LogP contribution is -2.19. The van der Waals surface area contributed by atoms with Gasteiger partial charge in [0.05, 0.1) is 5.52 Å². The summed E-state index contributed by atoms with van der Waals surface area (Å²) in [4.78, 5) is 7.22. The SMILES string of the molecule is CN(Cc1ccsc1)c1cc(C(N)=S)c2ccccc2n1. The molecule has 0 fully saturated rings. The van der Waals surface area contributed by atoms with Gasteiger partial charge in [-0.15, -0.1) is 0 Å². The van der Waals surface area contributed by atoms with Gasteiger partial charge in [0.25, 0.3) is 0 Å². The van der Waals surface area contributed by atoms with E-state index in [2.05, 4.69) is 21.7 Å². The number of benzene rings is 1. The van der Waals surface area contributed by atoms with E-state index in [0.717, 1.165) is 28.8 Å². The van der Waals surface area contributed by atoms with Gasteiger partial charge in [-0.25, -0.2) is 4.98 Å². The third-order valence-electron chi connectivity index (χ3n) is 3.36. The minimum atomic E-state index is 0.402. The van der Waals surface area contributed by atoms with Crippen molar-refractivity contribution < 1.29 is 0 Å². The second-order valence-corrected chi connectivity index (χ2v) is 6.12. The Bertz CT molecular complexity index is 781. The zero-order chi connectivity index (χ0) is 14.8. The molecule has 0 radical (unpaired) electrons. The summed E-state index contributed by atoms with van der Waals surface area (Å²) in [6.45, 7) is 0.811. The first kappa shape index (κ1) is 14.0. The van der Waals surface area contributed by atoms with Gasteiger partial charge in [0.15, 0.2) is 0 Å². The maximum Gasteiger partial charge on any atom is 0.129 e. The highest BCUT2D eigenvalue weighted by atomic mass is 32.1. The van der Waals surface area contributed by atoms with Gasteiger partial charge in [0.1, 0.15) is 10.8 Å². The molecule has 0 spiro atoms. The van der Waals surface area contributed by atoms with Crippen LogP contribution < -0.4 is 10.6 Å². The predicted octanol–water partition coefficient (Wildman–Crippen LogP) is 3.57. The van der Waals surface area contributed by atoms with Gasteiger partial charge in [0, 0.05) is 24.5 Å². The molecule has 0 amide bonds. The molecule has 0 aliphatic rings. The second kappa shape index (κ2) is 5.79. The van der Waals surface area contributed by atoms with Crippen molar-refractivity contribution in [2.75, 3.05) is 11.9 Å². The van der Waals surface area contributed by atoms with Crippen LogP contribution in [0, 0.1) is 0 Å². The average Bonchev–Trinajstić information content (AvgIpc) is 2.98. The number of hydrogen-bond donors (Lipinski definition) is 1. The molecule has 2 N–H and O–H groups in total. The monoisotopic (exact) mass is 313 g/mol. The minimum absolute atomic E-state index is 0.402. The fourth-order valence-electron chi connectivity index (χ4n) is 2.30. The molecular weight excluding hydrogens is 298 g/mol. The van der Waals surface area contributed by atoms with Crippen LogP contribution in [0.3, 0.4) is 0 Å². The number of nitrogens with zero attached hydrogens (tertiary/aromatic N) is 2. The third-order valence-corrected chi connectivity index (χ3v) is 4.31. The molecule has 2 aromatic heterocycles. The first-order chi connectivity index (χ1) is 10.1. The van der Waals surface area contributed by atoms with E-state index < -0.39 is 0 Å². The molecule has 0 unspecified atom stereocenters. The number of hydrogen-bond acceptors (Lipinski definition) is 4.